The quantitative estimate of drug-likeness (QED) is 0.777. The predicted octanol–water partition coefficient (Wildman–Crippen LogP) is 2.00. The van der Waals surface area contributed by atoms with Gasteiger partial charge in [0.25, 0.3) is 0 Å². The lowest BCUT2D eigenvalue weighted by molar-refractivity contribution is 0.00815. The molecule has 0 aliphatic rings. The summed E-state index contributed by atoms with van der Waals surface area (Å²) < 4.78 is 0. The minimum atomic E-state index is -0.658. The van der Waals surface area contributed by atoms with Crippen molar-refractivity contribution in [2.45, 2.75) is 38.9 Å². The molecule has 1 aromatic carbocycles. The summed E-state index contributed by atoms with van der Waals surface area (Å²) in [4.78, 5) is 0. The average molecular weight is 208 g/mol. The first-order valence-electron chi connectivity index (χ1n) is 5.49. The van der Waals surface area contributed by atoms with Crippen molar-refractivity contribution >= 4 is 0 Å². The van der Waals surface area contributed by atoms with E-state index in [1.165, 1.54) is 0 Å². The van der Waals surface area contributed by atoms with E-state index in [0.717, 1.165) is 5.56 Å². The minimum Gasteiger partial charge on any atom is -0.390 e. The molecule has 1 rings (SSSR count). The zero-order chi connectivity index (χ0) is 11.3. The number of hydrogen-bond acceptors (Lipinski definition) is 2. The van der Waals surface area contributed by atoms with E-state index in [1.807, 2.05) is 44.2 Å². The topological polar surface area (TPSA) is 40.5 Å². The lowest BCUT2D eigenvalue weighted by Crippen LogP contribution is -2.29. The van der Waals surface area contributed by atoms with Crippen molar-refractivity contribution in [1.29, 1.82) is 0 Å². The molecule has 0 bridgehead atoms. The second kappa shape index (κ2) is 5.89. The van der Waals surface area contributed by atoms with Gasteiger partial charge in [-0.2, -0.15) is 0 Å². The summed E-state index contributed by atoms with van der Waals surface area (Å²) in [5.41, 5.74) is 1.06. The van der Waals surface area contributed by atoms with Gasteiger partial charge in [0.15, 0.2) is 0 Å². The van der Waals surface area contributed by atoms with Crippen LogP contribution in [0.3, 0.4) is 0 Å². The lowest BCUT2D eigenvalue weighted by Gasteiger charge is -2.19. The van der Waals surface area contributed by atoms with E-state index in [9.17, 15) is 10.2 Å². The molecule has 2 atom stereocenters. The van der Waals surface area contributed by atoms with Crippen molar-refractivity contribution < 1.29 is 10.2 Å². The standard InChI is InChI=1S/C13H20O2/c1-10(2)8-12(14)13(15)9-11-6-4-3-5-7-11/h3-7,10,12-15H,8-9H2,1-2H3. The highest BCUT2D eigenvalue weighted by atomic mass is 16.3. The van der Waals surface area contributed by atoms with Gasteiger partial charge in [-0.15, -0.1) is 0 Å². The molecule has 2 nitrogen and oxygen atoms in total. The van der Waals surface area contributed by atoms with E-state index >= 15 is 0 Å². The van der Waals surface area contributed by atoms with Crippen LogP contribution in [-0.4, -0.2) is 22.4 Å². The first kappa shape index (κ1) is 12.2. The van der Waals surface area contributed by atoms with Crippen LogP contribution in [0.5, 0.6) is 0 Å². The molecular formula is C13H20O2. The smallest absolute Gasteiger partial charge is 0.0839 e. The van der Waals surface area contributed by atoms with Gasteiger partial charge in [0, 0.05) is 6.42 Å². The third kappa shape index (κ3) is 4.45. The van der Waals surface area contributed by atoms with Gasteiger partial charge in [-0.1, -0.05) is 44.2 Å². The second-order valence-electron chi connectivity index (χ2n) is 4.45. The molecule has 0 amide bonds. The van der Waals surface area contributed by atoms with Crippen LogP contribution >= 0.6 is 0 Å². The van der Waals surface area contributed by atoms with Gasteiger partial charge in [-0.25, -0.2) is 0 Å². The molecular weight excluding hydrogens is 188 g/mol. The fourth-order valence-corrected chi connectivity index (χ4v) is 1.63. The Hall–Kier alpha value is -0.860. The highest BCUT2D eigenvalue weighted by molar-refractivity contribution is 5.15. The van der Waals surface area contributed by atoms with E-state index < -0.39 is 12.2 Å². The van der Waals surface area contributed by atoms with Gasteiger partial charge in [0.1, 0.15) is 0 Å². The van der Waals surface area contributed by atoms with Crippen molar-refractivity contribution in [3.8, 4) is 0 Å². The molecule has 0 spiro atoms. The number of hydrogen-bond donors (Lipinski definition) is 2. The average Bonchev–Trinajstić information content (AvgIpc) is 2.18. The lowest BCUT2D eigenvalue weighted by atomic mass is 9.97. The Labute approximate surface area is 91.6 Å². The summed E-state index contributed by atoms with van der Waals surface area (Å²) in [6.45, 7) is 4.08. The van der Waals surface area contributed by atoms with Crippen LogP contribution in [0.1, 0.15) is 25.8 Å². The summed E-state index contributed by atoms with van der Waals surface area (Å²) in [6, 6.07) is 9.75. The molecule has 0 saturated carbocycles. The Balaban J connectivity index is 2.45. The Morgan fingerprint density at radius 1 is 1.00 bits per heavy atom. The van der Waals surface area contributed by atoms with Crippen LogP contribution in [0.15, 0.2) is 30.3 Å². The first-order chi connectivity index (χ1) is 7.09. The highest BCUT2D eigenvalue weighted by Crippen LogP contribution is 2.12. The van der Waals surface area contributed by atoms with Gasteiger partial charge in [-0.05, 0) is 17.9 Å². The Bertz CT molecular complexity index is 269. The Morgan fingerprint density at radius 2 is 1.60 bits per heavy atom. The molecule has 0 heterocycles. The maximum absolute atomic E-state index is 9.77. The molecule has 1 aromatic rings. The van der Waals surface area contributed by atoms with E-state index in [2.05, 4.69) is 0 Å². The molecule has 0 radical (unpaired) electrons. The maximum atomic E-state index is 9.77. The fourth-order valence-electron chi connectivity index (χ4n) is 1.63. The summed E-state index contributed by atoms with van der Waals surface area (Å²) in [7, 11) is 0. The molecule has 2 N–H and O–H groups in total. The van der Waals surface area contributed by atoms with Crippen molar-refractivity contribution in [3.05, 3.63) is 35.9 Å². The van der Waals surface area contributed by atoms with Crippen LogP contribution in [-0.2, 0) is 6.42 Å². The monoisotopic (exact) mass is 208 g/mol. The summed E-state index contributed by atoms with van der Waals surface area (Å²) in [5, 5.41) is 19.5. The maximum Gasteiger partial charge on any atom is 0.0839 e. The summed E-state index contributed by atoms with van der Waals surface area (Å²) in [6.07, 6.45) is -0.108. The predicted molar refractivity (Wildman–Crippen MR) is 61.6 cm³/mol. The number of rotatable bonds is 5. The van der Waals surface area contributed by atoms with E-state index in [0.29, 0.717) is 18.8 Å². The third-order valence-electron chi connectivity index (χ3n) is 2.44. The van der Waals surface area contributed by atoms with Crippen LogP contribution < -0.4 is 0 Å². The molecule has 15 heavy (non-hydrogen) atoms. The molecule has 0 aliphatic heterocycles. The summed E-state index contributed by atoms with van der Waals surface area (Å²) in [5.74, 6) is 0.408. The van der Waals surface area contributed by atoms with Crippen LogP contribution in [0.25, 0.3) is 0 Å². The van der Waals surface area contributed by atoms with Gasteiger partial charge in [-0.3, -0.25) is 0 Å². The SMILES string of the molecule is CC(C)CC(O)C(O)Cc1ccccc1. The molecule has 0 saturated heterocycles. The van der Waals surface area contributed by atoms with Gasteiger partial charge >= 0.3 is 0 Å². The fraction of sp³-hybridized carbons (Fsp3) is 0.538. The zero-order valence-corrected chi connectivity index (χ0v) is 9.43. The highest BCUT2D eigenvalue weighted by Gasteiger charge is 2.17. The van der Waals surface area contributed by atoms with Gasteiger partial charge in [0.2, 0.25) is 0 Å². The third-order valence-corrected chi connectivity index (χ3v) is 2.44. The van der Waals surface area contributed by atoms with Crippen molar-refractivity contribution in [2.75, 3.05) is 0 Å². The van der Waals surface area contributed by atoms with Crippen molar-refractivity contribution in [2.24, 2.45) is 5.92 Å². The minimum absolute atomic E-state index is 0.408. The number of aliphatic hydroxyl groups is 2. The summed E-state index contributed by atoms with van der Waals surface area (Å²) >= 11 is 0. The largest absolute Gasteiger partial charge is 0.390 e. The second-order valence-corrected chi connectivity index (χ2v) is 4.45. The normalized spacial score (nSPS) is 15.3. The van der Waals surface area contributed by atoms with E-state index in [1.54, 1.807) is 0 Å². The number of aliphatic hydroxyl groups excluding tert-OH is 2. The molecule has 0 aliphatic carbocycles. The van der Waals surface area contributed by atoms with Gasteiger partial charge in [0.05, 0.1) is 12.2 Å². The zero-order valence-electron chi connectivity index (χ0n) is 9.43. The van der Waals surface area contributed by atoms with Gasteiger partial charge < -0.3 is 10.2 Å². The van der Waals surface area contributed by atoms with E-state index in [4.69, 9.17) is 0 Å². The Kier molecular flexibility index (Phi) is 4.79. The molecule has 0 fully saturated rings. The number of benzene rings is 1. The molecule has 2 heteroatoms. The van der Waals surface area contributed by atoms with Crippen molar-refractivity contribution in [3.63, 3.8) is 0 Å². The van der Waals surface area contributed by atoms with Crippen LogP contribution in [0, 0.1) is 5.92 Å². The molecule has 84 valence electrons. The first-order valence-corrected chi connectivity index (χ1v) is 5.49. The van der Waals surface area contributed by atoms with E-state index in [-0.39, 0.29) is 0 Å². The van der Waals surface area contributed by atoms with Crippen molar-refractivity contribution in [1.82, 2.24) is 0 Å². The van der Waals surface area contributed by atoms with Crippen LogP contribution in [0.4, 0.5) is 0 Å². The van der Waals surface area contributed by atoms with Crippen LogP contribution in [0.2, 0.25) is 0 Å². The molecule has 2 unspecified atom stereocenters. The molecule has 0 aromatic heterocycles. The Morgan fingerprint density at radius 3 is 2.13 bits per heavy atom.